The van der Waals surface area contributed by atoms with Crippen molar-refractivity contribution in [3.8, 4) is 0 Å². The van der Waals surface area contributed by atoms with Crippen LogP contribution < -0.4 is 11.1 Å². The lowest BCUT2D eigenvalue weighted by Gasteiger charge is -2.17. The van der Waals surface area contributed by atoms with Crippen LogP contribution in [0.5, 0.6) is 0 Å². The second-order valence-corrected chi connectivity index (χ2v) is 5.12. The molecular formula is C16H16FN3O. The average Bonchev–Trinajstić information content (AvgIpc) is 2.71. The first kappa shape index (κ1) is 13.4. The molecule has 0 saturated carbocycles. The van der Waals surface area contributed by atoms with E-state index >= 15 is 0 Å². The second kappa shape index (κ2) is 4.77. The number of nitrogens with two attached hydrogens (primary N) is 1. The van der Waals surface area contributed by atoms with Crippen molar-refractivity contribution < 1.29 is 9.18 Å². The fourth-order valence-corrected chi connectivity index (χ4v) is 2.75. The molecule has 0 unspecified atom stereocenters. The number of primary amides is 1. The summed E-state index contributed by atoms with van der Waals surface area (Å²) < 4.78 is 15.7. The third-order valence-electron chi connectivity index (χ3n) is 3.88. The summed E-state index contributed by atoms with van der Waals surface area (Å²) in [6.07, 6.45) is 5.86. The lowest BCUT2D eigenvalue weighted by atomic mass is 10.1. The van der Waals surface area contributed by atoms with E-state index in [1.54, 1.807) is 0 Å². The maximum absolute atomic E-state index is 13.8. The monoisotopic (exact) mass is 285 g/mol. The molecular weight excluding hydrogens is 269 g/mol. The van der Waals surface area contributed by atoms with E-state index in [9.17, 15) is 9.18 Å². The van der Waals surface area contributed by atoms with Crippen molar-refractivity contribution in [3.05, 3.63) is 53.0 Å². The van der Waals surface area contributed by atoms with E-state index in [2.05, 4.69) is 5.32 Å². The van der Waals surface area contributed by atoms with Gasteiger partial charge in [0.2, 0.25) is 0 Å². The minimum atomic E-state index is -0.634. The molecule has 108 valence electrons. The van der Waals surface area contributed by atoms with Gasteiger partial charge in [-0.3, -0.25) is 9.36 Å². The maximum Gasteiger partial charge on any atom is 0.250 e. The van der Waals surface area contributed by atoms with Gasteiger partial charge >= 0.3 is 0 Å². The third-order valence-corrected chi connectivity index (χ3v) is 3.88. The Bertz CT molecular complexity index is 815. The van der Waals surface area contributed by atoms with Gasteiger partial charge in [-0.2, -0.15) is 0 Å². The number of carbonyl (C=O) groups excluding carboxylic acids is 1. The molecule has 1 aliphatic rings. The molecule has 0 fully saturated rings. The summed E-state index contributed by atoms with van der Waals surface area (Å²) in [4.78, 5) is 11.7. The van der Waals surface area contributed by atoms with Gasteiger partial charge in [0.1, 0.15) is 11.6 Å². The Labute approximate surface area is 121 Å². The SMILES string of the molecule is Cc1c(C)n(C2=CC=CCN2)c2c(C(N)=O)cc(F)cc12. The first-order chi connectivity index (χ1) is 10.0. The van der Waals surface area contributed by atoms with Crippen LogP contribution in [-0.4, -0.2) is 17.0 Å². The van der Waals surface area contributed by atoms with Gasteiger partial charge in [-0.15, -0.1) is 0 Å². The molecule has 0 radical (unpaired) electrons. The molecule has 3 rings (SSSR count). The Morgan fingerprint density at radius 2 is 2.14 bits per heavy atom. The lowest BCUT2D eigenvalue weighted by Crippen LogP contribution is -2.21. The summed E-state index contributed by atoms with van der Waals surface area (Å²) in [5.41, 5.74) is 8.16. The molecule has 21 heavy (non-hydrogen) atoms. The first-order valence-corrected chi connectivity index (χ1v) is 6.72. The summed E-state index contributed by atoms with van der Waals surface area (Å²) in [5, 5.41) is 3.96. The maximum atomic E-state index is 13.8. The predicted octanol–water partition coefficient (Wildman–Crippen LogP) is 2.45. The van der Waals surface area contributed by atoms with Gasteiger partial charge < -0.3 is 11.1 Å². The highest BCUT2D eigenvalue weighted by Crippen LogP contribution is 2.31. The average molecular weight is 285 g/mol. The molecule has 0 bridgehead atoms. The van der Waals surface area contributed by atoms with Gasteiger partial charge in [-0.05, 0) is 37.6 Å². The number of amides is 1. The number of carbonyl (C=O) groups is 1. The standard InChI is InChI=1S/C16H16FN3O/c1-9-10(2)20(14-5-3-4-6-19-14)15-12(9)7-11(17)8-13(15)16(18)21/h3-5,7-8,19H,6H2,1-2H3,(H2,18,21). The number of rotatable bonds is 2. The predicted molar refractivity (Wildman–Crippen MR) is 81.3 cm³/mol. The Morgan fingerprint density at radius 1 is 1.38 bits per heavy atom. The van der Waals surface area contributed by atoms with Crippen molar-refractivity contribution in [1.82, 2.24) is 9.88 Å². The molecule has 0 atom stereocenters. The number of fused-ring (bicyclic) bond motifs is 1. The minimum Gasteiger partial charge on any atom is -0.368 e. The van der Waals surface area contributed by atoms with E-state index in [1.807, 2.05) is 36.6 Å². The zero-order valence-electron chi connectivity index (χ0n) is 11.9. The molecule has 0 spiro atoms. The molecule has 3 N–H and O–H groups in total. The fourth-order valence-electron chi connectivity index (χ4n) is 2.75. The van der Waals surface area contributed by atoms with Crippen LogP contribution in [0.15, 0.2) is 30.4 Å². The van der Waals surface area contributed by atoms with Crippen LogP contribution in [0.3, 0.4) is 0 Å². The summed E-state index contributed by atoms with van der Waals surface area (Å²) in [6.45, 7) is 4.56. The number of nitrogens with zero attached hydrogens (tertiary/aromatic N) is 1. The number of nitrogens with one attached hydrogen (secondary N) is 1. The van der Waals surface area contributed by atoms with Gasteiger partial charge in [-0.25, -0.2) is 4.39 Å². The quantitative estimate of drug-likeness (QED) is 0.890. The van der Waals surface area contributed by atoms with E-state index in [0.29, 0.717) is 17.4 Å². The minimum absolute atomic E-state index is 0.193. The molecule has 1 aliphatic heterocycles. The topological polar surface area (TPSA) is 60.1 Å². The van der Waals surface area contributed by atoms with E-state index < -0.39 is 11.7 Å². The summed E-state index contributed by atoms with van der Waals surface area (Å²) in [5.74, 6) is -0.241. The Balaban J connectivity index is 2.44. The molecule has 2 aromatic rings. The molecule has 1 aromatic carbocycles. The second-order valence-electron chi connectivity index (χ2n) is 5.12. The normalized spacial score (nSPS) is 14.1. The van der Waals surface area contributed by atoms with Crippen LogP contribution in [0, 0.1) is 19.7 Å². The van der Waals surface area contributed by atoms with Crippen LogP contribution in [0.1, 0.15) is 21.6 Å². The van der Waals surface area contributed by atoms with E-state index in [0.717, 1.165) is 17.1 Å². The van der Waals surface area contributed by atoms with Crippen LogP contribution >= 0.6 is 0 Å². The van der Waals surface area contributed by atoms with Crippen molar-refractivity contribution in [3.63, 3.8) is 0 Å². The van der Waals surface area contributed by atoms with Gasteiger partial charge in [0.25, 0.3) is 5.91 Å². The Morgan fingerprint density at radius 3 is 2.76 bits per heavy atom. The molecule has 5 heteroatoms. The number of aromatic nitrogens is 1. The number of allylic oxidation sites excluding steroid dienone is 2. The molecule has 2 heterocycles. The Hall–Kier alpha value is -2.56. The third kappa shape index (κ3) is 2.01. The zero-order valence-corrected chi connectivity index (χ0v) is 11.9. The number of dihydropyridines is 1. The summed E-state index contributed by atoms with van der Waals surface area (Å²) >= 11 is 0. The largest absolute Gasteiger partial charge is 0.368 e. The summed E-state index contributed by atoms with van der Waals surface area (Å²) in [7, 11) is 0. The van der Waals surface area contributed by atoms with Crippen molar-refractivity contribution >= 4 is 22.6 Å². The lowest BCUT2D eigenvalue weighted by molar-refractivity contribution is 0.100. The van der Waals surface area contributed by atoms with Crippen LogP contribution in [0.2, 0.25) is 0 Å². The highest BCUT2D eigenvalue weighted by molar-refractivity contribution is 6.07. The van der Waals surface area contributed by atoms with Crippen molar-refractivity contribution in [2.24, 2.45) is 5.73 Å². The highest BCUT2D eigenvalue weighted by Gasteiger charge is 2.20. The Kier molecular flexibility index (Phi) is 3.05. The van der Waals surface area contributed by atoms with E-state index in [1.165, 1.54) is 12.1 Å². The molecule has 1 amide bonds. The van der Waals surface area contributed by atoms with Crippen LogP contribution in [0.4, 0.5) is 4.39 Å². The number of halogens is 1. The highest BCUT2D eigenvalue weighted by atomic mass is 19.1. The van der Waals surface area contributed by atoms with Gasteiger partial charge in [0, 0.05) is 17.6 Å². The number of benzene rings is 1. The van der Waals surface area contributed by atoms with Crippen LogP contribution in [-0.2, 0) is 0 Å². The van der Waals surface area contributed by atoms with Gasteiger partial charge in [-0.1, -0.05) is 12.2 Å². The van der Waals surface area contributed by atoms with Crippen LogP contribution in [0.25, 0.3) is 16.7 Å². The van der Waals surface area contributed by atoms with E-state index in [-0.39, 0.29) is 5.56 Å². The first-order valence-electron chi connectivity index (χ1n) is 6.72. The van der Waals surface area contributed by atoms with Gasteiger partial charge in [0.15, 0.2) is 0 Å². The molecule has 0 aliphatic carbocycles. The van der Waals surface area contributed by atoms with Crippen molar-refractivity contribution in [2.75, 3.05) is 6.54 Å². The summed E-state index contributed by atoms with van der Waals surface area (Å²) in [6, 6.07) is 2.64. The fraction of sp³-hybridized carbons (Fsp3) is 0.188. The van der Waals surface area contributed by atoms with Crippen molar-refractivity contribution in [2.45, 2.75) is 13.8 Å². The van der Waals surface area contributed by atoms with Gasteiger partial charge in [0.05, 0.1) is 11.1 Å². The number of aryl methyl sites for hydroxylation is 1. The number of hydrogen-bond donors (Lipinski definition) is 2. The zero-order chi connectivity index (χ0) is 15.1. The molecule has 0 saturated heterocycles. The molecule has 1 aromatic heterocycles. The number of hydrogen-bond acceptors (Lipinski definition) is 2. The van der Waals surface area contributed by atoms with Crippen molar-refractivity contribution in [1.29, 1.82) is 0 Å². The molecule has 4 nitrogen and oxygen atoms in total. The van der Waals surface area contributed by atoms with E-state index in [4.69, 9.17) is 5.73 Å². The smallest absolute Gasteiger partial charge is 0.250 e.